The van der Waals surface area contributed by atoms with Crippen molar-refractivity contribution >= 4 is 23.6 Å². The number of ether oxygens (including phenoxy) is 1. The Hall–Kier alpha value is -3.43. The van der Waals surface area contributed by atoms with E-state index in [1.165, 1.54) is 6.92 Å². The molecule has 10 heteroatoms. The molecule has 126 valence electrons. The van der Waals surface area contributed by atoms with Crippen LogP contribution in [0.25, 0.3) is 0 Å². The van der Waals surface area contributed by atoms with Crippen LogP contribution in [-0.2, 0) is 16.1 Å². The van der Waals surface area contributed by atoms with Gasteiger partial charge in [-0.25, -0.2) is 9.69 Å². The van der Waals surface area contributed by atoms with Crippen molar-refractivity contribution in [3.05, 3.63) is 51.7 Å². The second-order valence-corrected chi connectivity index (χ2v) is 4.80. The molecule has 2 N–H and O–H groups in total. The molecule has 2 rings (SSSR count). The molecular formula is C14H14N4O6. The number of aryl methyl sites for hydroxylation is 1. The zero-order chi connectivity index (χ0) is 17.7. The summed E-state index contributed by atoms with van der Waals surface area (Å²) in [6.07, 6.45) is -1.05. The molecule has 0 aliphatic rings. The normalized spacial score (nSPS) is 10.2. The van der Waals surface area contributed by atoms with Gasteiger partial charge in [0.05, 0.1) is 4.92 Å². The number of aromatic amines is 1. The quantitative estimate of drug-likeness (QED) is 0.607. The Morgan fingerprint density at radius 3 is 2.62 bits per heavy atom. The Balaban J connectivity index is 2.23. The van der Waals surface area contributed by atoms with Crippen LogP contribution in [-0.4, -0.2) is 38.8 Å². The van der Waals surface area contributed by atoms with Crippen molar-refractivity contribution in [1.29, 1.82) is 0 Å². The van der Waals surface area contributed by atoms with Gasteiger partial charge >= 0.3 is 17.7 Å². The molecule has 0 saturated carbocycles. The number of hydrogen-bond donors (Lipinski definition) is 2. The van der Waals surface area contributed by atoms with E-state index in [0.717, 1.165) is 0 Å². The molecule has 1 heterocycles. The van der Waals surface area contributed by atoms with Crippen LogP contribution in [0.5, 0.6) is 0 Å². The minimum absolute atomic E-state index is 0.0984. The molecule has 0 atom stereocenters. The lowest BCUT2D eigenvalue weighted by Gasteiger charge is -2.17. The largest absolute Gasteiger partial charge is 0.480 e. The van der Waals surface area contributed by atoms with E-state index in [0.29, 0.717) is 10.5 Å². The summed E-state index contributed by atoms with van der Waals surface area (Å²) in [5.74, 6) is -1.76. The number of nitrogens with zero attached hydrogens (tertiary/aromatic N) is 3. The maximum atomic E-state index is 12.2. The van der Waals surface area contributed by atoms with Crippen LogP contribution in [0.3, 0.4) is 0 Å². The number of aliphatic carboxylic acids is 1. The molecule has 0 saturated heterocycles. The number of H-pyrrole nitrogens is 1. The summed E-state index contributed by atoms with van der Waals surface area (Å²) in [6.45, 7) is 0.467. The standard InChI is InChI=1S/C14H14N4O6/c1-9-12(18(22)23)13(16-15-9)17(7-11(19)20)14(21)24-8-10-5-3-2-4-6-10/h2-6H,7-8H2,1H3,(H,15,16)(H,19,20). The van der Waals surface area contributed by atoms with Gasteiger partial charge in [-0.05, 0) is 12.5 Å². The highest BCUT2D eigenvalue weighted by Crippen LogP contribution is 2.29. The zero-order valence-electron chi connectivity index (χ0n) is 12.6. The zero-order valence-corrected chi connectivity index (χ0v) is 12.6. The number of amides is 1. The average Bonchev–Trinajstić information content (AvgIpc) is 2.92. The first-order valence-corrected chi connectivity index (χ1v) is 6.79. The molecule has 0 bridgehead atoms. The summed E-state index contributed by atoms with van der Waals surface area (Å²) in [5, 5.41) is 26.1. The summed E-state index contributed by atoms with van der Waals surface area (Å²) in [7, 11) is 0. The molecule has 0 radical (unpaired) electrons. The molecule has 0 aliphatic carbocycles. The van der Waals surface area contributed by atoms with Crippen LogP contribution >= 0.6 is 0 Å². The lowest BCUT2D eigenvalue weighted by Crippen LogP contribution is -2.36. The molecule has 24 heavy (non-hydrogen) atoms. The third-order valence-electron chi connectivity index (χ3n) is 3.05. The molecule has 0 spiro atoms. The van der Waals surface area contributed by atoms with Crippen LogP contribution in [0.2, 0.25) is 0 Å². The summed E-state index contributed by atoms with van der Waals surface area (Å²) in [6, 6.07) is 8.73. The number of carbonyl (C=O) groups excluding carboxylic acids is 1. The fourth-order valence-electron chi connectivity index (χ4n) is 1.98. The third-order valence-corrected chi connectivity index (χ3v) is 3.05. The first-order valence-electron chi connectivity index (χ1n) is 6.79. The minimum atomic E-state index is -1.36. The Morgan fingerprint density at radius 2 is 2.04 bits per heavy atom. The smallest absolute Gasteiger partial charge is 0.416 e. The van der Waals surface area contributed by atoms with Crippen LogP contribution in [0.4, 0.5) is 16.3 Å². The summed E-state index contributed by atoms with van der Waals surface area (Å²) in [4.78, 5) is 34.2. The fourth-order valence-corrected chi connectivity index (χ4v) is 1.98. The van der Waals surface area contributed by atoms with E-state index in [2.05, 4.69) is 10.2 Å². The maximum Gasteiger partial charge on any atom is 0.416 e. The second kappa shape index (κ2) is 7.22. The Bertz CT molecular complexity index is 758. The van der Waals surface area contributed by atoms with E-state index in [1.54, 1.807) is 30.3 Å². The Morgan fingerprint density at radius 1 is 1.38 bits per heavy atom. The third kappa shape index (κ3) is 3.85. The molecule has 0 fully saturated rings. The Kier molecular flexibility index (Phi) is 5.09. The van der Waals surface area contributed by atoms with Gasteiger partial charge < -0.3 is 9.84 Å². The van der Waals surface area contributed by atoms with E-state index >= 15 is 0 Å². The first-order chi connectivity index (χ1) is 11.4. The SMILES string of the molecule is Cc1[nH]nc(N(CC(=O)O)C(=O)OCc2ccccc2)c1[N+](=O)[O-]. The number of rotatable bonds is 6. The van der Waals surface area contributed by atoms with E-state index in [1.807, 2.05) is 0 Å². The number of aromatic nitrogens is 2. The Labute approximate surface area is 135 Å². The number of nitrogens with one attached hydrogen (secondary N) is 1. The number of hydrogen-bond acceptors (Lipinski definition) is 6. The molecule has 1 aromatic carbocycles. The van der Waals surface area contributed by atoms with Crippen molar-refractivity contribution in [3.8, 4) is 0 Å². The predicted octanol–water partition coefficient (Wildman–Crippen LogP) is 1.85. The van der Waals surface area contributed by atoms with Crippen LogP contribution in [0, 0.1) is 17.0 Å². The number of anilines is 1. The number of carbonyl (C=O) groups is 2. The lowest BCUT2D eigenvalue weighted by atomic mass is 10.2. The van der Waals surface area contributed by atoms with Crippen LogP contribution in [0.1, 0.15) is 11.3 Å². The number of nitro groups is 1. The monoisotopic (exact) mass is 334 g/mol. The van der Waals surface area contributed by atoms with Crippen molar-refractivity contribution in [2.45, 2.75) is 13.5 Å². The van der Waals surface area contributed by atoms with Gasteiger partial charge in [0.2, 0.25) is 5.82 Å². The van der Waals surface area contributed by atoms with Gasteiger partial charge in [-0.3, -0.25) is 20.0 Å². The van der Waals surface area contributed by atoms with Gasteiger partial charge in [-0.1, -0.05) is 30.3 Å². The van der Waals surface area contributed by atoms with E-state index in [-0.39, 0.29) is 12.3 Å². The van der Waals surface area contributed by atoms with Crippen LogP contribution < -0.4 is 4.90 Å². The maximum absolute atomic E-state index is 12.2. The van der Waals surface area contributed by atoms with E-state index in [4.69, 9.17) is 9.84 Å². The summed E-state index contributed by atoms with van der Waals surface area (Å²) in [5.41, 5.74) is 0.308. The summed E-state index contributed by atoms with van der Waals surface area (Å²) < 4.78 is 5.04. The molecule has 0 aliphatic heterocycles. The topological polar surface area (TPSA) is 139 Å². The molecular weight excluding hydrogens is 320 g/mol. The van der Waals surface area contributed by atoms with Gasteiger partial charge in [0.25, 0.3) is 0 Å². The van der Waals surface area contributed by atoms with Crippen molar-refractivity contribution in [2.75, 3.05) is 11.4 Å². The molecule has 1 amide bonds. The van der Waals surface area contributed by atoms with E-state index < -0.39 is 35.0 Å². The van der Waals surface area contributed by atoms with Crippen molar-refractivity contribution < 1.29 is 24.4 Å². The highest BCUT2D eigenvalue weighted by molar-refractivity contribution is 5.94. The van der Waals surface area contributed by atoms with Crippen LogP contribution in [0.15, 0.2) is 30.3 Å². The fraction of sp³-hybridized carbons (Fsp3) is 0.214. The van der Waals surface area contributed by atoms with Gasteiger partial charge in [0, 0.05) is 0 Å². The molecule has 1 aromatic heterocycles. The van der Waals surface area contributed by atoms with Gasteiger partial charge in [0.1, 0.15) is 18.8 Å². The van der Waals surface area contributed by atoms with E-state index in [9.17, 15) is 19.7 Å². The predicted molar refractivity (Wildman–Crippen MR) is 81.6 cm³/mol. The molecule has 10 nitrogen and oxygen atoms in total. The van der Waals surface area contributed by atoms with Crippen molar-refractivity contribution in [3.63, 3.8) is 0 Å². The average molecular weight is 334 g/mol. The number of benzene rings is 1. The highest BCUT2D eigenvalue weighted by Gasteiger charge is 2.32. The molecule has 2 aromatic rings. The first kappa shape index (κ1) is 16.9. The molecule has 0 unspecified atom stereocenters. The minimum Gasteiger partial charge on any atom is -0.480 e. The van der Waals surface area contributed by atoms with Crippen molar-refractivity contribution in [1.82, 2.24) is 10.2 Å². The summed E-state index contributed by atoms with van der Waals surface area (Å²) >= 11 is 0. The van der Waals surface area contributed by atoms with Crippen molar-refractivity contribution in [2.24, 2.45) is 0 Å². The second-order valence-electron chi connectivity index (χ2n) is 4.80. The van der Waals surface area contributed by atoms with Gasteiger partial charge in [-0.15, -0.1) is 5.10 Å². The highest BCUT2D eigenvalue weighted by atomic mass is 16.6. The number of carboxylic acid groups (broad SMARTS) is 1. The lowest BCUT2D eigenvalue weighted by molar-refractivity contribution is -0.384. The number of carboxylic acids is 1. The van der Waals surface area contributed by atoms with Gasteiger partial charge in [0.15, 0.2) is 0 Å². The van der Waals surface area contributed by atoms with Gasteiger partial charge in [-0.2, -0.15) is 0 Å².